The Kier molecular flexibility index (Phi) is 18.7. The van der Waals surface area contributed by atoms with Crippen molar-refractivity contribution in [3.8, 4) is 56.3 Å². The molecule has 0 amide bonds. The second kappa shape index (κ2) is 26.7. The number of hydrogen-bond donors (Lipinski definition) is 4. The first-order valence-electron chi connectivity index (χ1n) is 38.1. The minimum absolute atomic E-state index is 0.150. The van der Waals surface area contributed by atoms with E-state index in [-0.39, 0.29) is 43.3 Å². The first-order chi connectivity index (χ1) is 50.3. The van der Waals surface area contributed by atoms with Crippen molar-refractivity contribution in [2.24, 2.45) is 0 Å². The quantitative estimate of drug-likeness (QED) is 0.131. The van der Waals surface area contributed by atoms with E-state index in [4.69, 9.17) is 19.9 Å². The zero-order valence-corrected chi connectivity index (χ0v) is 70.9. The van der Waals surface area contributed by atoms with Crippen molar-refractivity contribution in [1.29, 1.82) is 0 Å². The summed E-state index contributed by atoms with van der Waals surface area (Å²) < 4.78 is 1.72. The van der Waals surface area contributed by atoms with E-state index >= 15 is 0 Å². The third-order valence-electron chi connectivity index (χ3n) is 21.5. The molecule has 8 nitrogen and oxygen atoms in total. The Labute approximate surface area is 657 Å². The number of hydrogen-bond acceptors (Lipinski definition) is 4. The van der Waals surface area contributed by atoms with Crippen LogP contribution in [0.25, 0.3) is 137 Å². The normalized spacial score (nSPS) is 13.6. The van der Waals surface area contributed by atoms with Crippen molar-refractivity contribution in [2.45, 2.75) is 209 Å². The van der Waals surface area contributed by atoms with Crippen molar-refractivity contribution in [3.05, 3.63) is 231 Å². The van der Waals surface area contributed by atoms with Gasteiger partial charge in [0.15, 0.2) is 0 Å². The third-order valence-corrected chi connectivity index (χ3v) is 23.2. The van der Waals surface area contributed by atoms with Crippen molar-refractivity contribution >= 4 is 125 Å². The van der Waals surface area contributed by atoms with Gasteiger partial charge in [-0.25, -0.2) is 19.9 Å². The average molecular weight is 1550 g/mol. The van der Waals surface area contributed by atoms with E-state index in [1.807, 2.05) is 0 Å². The lowest BCUT2D eigenvalue weighted by atomic mass is 9.78. The highest BCUT2D eigenvalue weighted by Gasteiger charge is 2.30. The molecule has 550 valence electrons. The second-order valence-electron chi connectivity index (χ2n) is 38.3. The van der Waals surface area contributed by atoms with Gasteiger partial charge in [-0.15, -0.1) is 0 Å². The van der Waals surface area contributed by atoms with Gasteiger partial charge in [0.25, 0.3) is 0 Å². The number of aromatic amines is 4. The minimum atomic E-state index is -0.150. The average Bonchev–Trinajstić information content (AvgIpc) is 1.53. The summed E-state index contributed by atoms with van der Waals surface area (Å²) in [7, 11) is 0. The molecule has 0 fully saturated rings. The number of nitrogens with one attached hydrogen (secondary N) is 4. The molecule has 4 N–H and O–H groups in total. The Morgan fingerprint density at radius 1 is 0.222 bits per heavy atom. The molecule has 108 heavy (non-hydrogen) atoms. The number of rotatable bonds is 4. The first-order valence-corrected chi connectivity index (χ1v) is 39.7. The standard InChI is InChI=1S/C98H104Br2N8/c1-91(2,3)59-43-55(44-60(51-59)92(4,5)6)85-73-31-27-69(101-73)67(70-28-32-74(102-70)86(56-45-61(93(7,8)9)52-62(46-56)94(10,11)12)78-36-40-82(106-78)89(99)81-39-35-77(85)105-81)25-26-68-71-29-33-75(103-71)87(57-47-63(95(13,14)15)53-64(48-57)96(16,17)18)79-37-41-83(107-79)90(100)84-42-38-80(108-84)88(76-34-30-72(68)104-76)58-49-65(97(19,20)21)54-66(50-58)98(22,23)24/h27-54,101,103,106,108H,1-24H3. The molecule has 14 rings (SSSR count). The van der Waals surface area contributed by atoms with Crippen molar-refractivity contribution in [2.75, 3.05) is 0 Å². The lowest BCUT2D eigenvalue weighted by molar-refractivity contribution is 0.568. The van der Waals surface area contributed by atoms with Gasteiger partial charge in [0.2, 0.25) is 0 Å². The van der Waals surface area contributed by atoms with Crippen LogP contribution < -0.4 is 0 Å². The molecule has 6 aromatic heterocycles. The summed E-state index contributed by atoms with van der Waals surface area (Å²) in [4.78, 5) is 38.7. The van der Waals surface area contributed by atoms with Crippen LogP contribution in [0.4, 0.5) is 0 Å². The van der Waals surface area contributed by atoms with Crippen LogP contribution in [0.3, 0.4) is 0 Å². The van der Waals surface area contributed by atoms with Gasteiger partial charge < -0.3 is 19.9 Å². The number of H-pyrrole nitrogens is 4. The highest BCUT2D eigenvalue weighted by Crippen LogP contribution is 2.45. The van der Waals surface area contributed by atoms with Crippen molar-refractivity contribution in [1.82, 2.24) is 39.9 Å². The Hall–Kier alpha value is -9.40. The molecule has 0 atom stereocenters. The predicted octanol–water partition coefficient (Wildman–Crippen LogP) is 27.6. The molecule has 4 aliphatic rings. The van der Waals surface area contributed by atoms with Gasteiger partial charge in [-0.3, -0.25) is 0 Å². The molecule has 10 heterocycles. The van der Waals surface area contributed by atoms with Gasteiger partial charge >= 0.3 is 0 Å². The van der Waals surface area contributed by atoms with Crippen molar-refractivity contribution < 1.29 is 0 Å². The smallest absolute Gasteiger partial charge is 0.0815 e. The lowest BCUT2D eigenvalue weighted by Gasteiger charge is -2.26. The lowest BCUT2D eigenvalue weighted by Crippen LogP contribution is -2.16. The van der Waals surface area contributed by atoms with E-state index < -0.39 is 0 Å². The molecular weight excluding hydrogens is 1450 g/mol. The van der Waals surface area contributed by atoms with E-state index in [0.29, 0.717) is 22.5 Å². The molecule has 0 aliphatic carbocycles. The maximum absolute atomic E-state index is 5.82. The molecule has 4 aliphatic heterocycles. The molecule has 0 saturated carbocycles. The van der Waals surface area contributed by atoms with Crippen LogP contribution in [0.15, 0.2) is 130 Å². The van der Waals surface area contributed by atoms with Gasteiger partial charge in [0.05, 0.1) is 87.7 Å². The van der Waals surface area contributed by atoms with Crippen LogP contribution in [0.5, 0.6) is 0 Å². The number of fused-ring (bicyclic) bond motifs is 16. The fraction of sp³-hybridized carbons (Fsp3) is 0.327. The van der Waals surface area contributed by atoms with Gasteiger partial charge in [-0.05, 0) is 239 Å². The predicted molar refractivity (Wildman–Crippen MR) is 470 cm³/mol. The number of halogens is 2. The first kappa shape index (κ1) is 75.4. The molecule has 0 radical (unpaired) electrons. The monoisotopic (exact) mass is 1550 g/mol. The summed E-state index contributed by atoms with van der Waals surface area (Å²) in [6, 6.07) is 45.9. The number of benzene rings is 4. The highest BCUT2D eigenvalue weighted by atomic mass is 79.9. The maximum Gasteiger partial charge on any atom is 0.0815 e. The molecule has 10 heteroatoms. The molecule has 4 aromatic carbocycles. The van der Waals surface area contributed by atoms with Gasteiger partial charge in [-0.2, -0.15) is 0 Å². The molecular formula is C98H104Br2N8. The summed E-state index contributed by atoms with van der Waals surface area (Å²) >= 11 is 8.23. The maximum atomic E-state index is 5.82. The summed E-state index contributed by atoms with van der Waals surface area (Å²) in [5, 5.41) is 0. The molecule has 0 saturated heterocycles. The van der Waals surface area contributed by atoms with Crippen LogP contribution in [0.1, 0.15) is 267 Å². The van der Waals surface area contributed by atoms with E-state index in [9.17, 15) is 0 Å². The van der Waals surface area contributed by atoms with Gasteiger partial charge in [-0.1, -0.05) is 251 Å². The highest BCUT2D eigenvalue weighted by molar-refractivity contribution is 9.11. The van der Waals surface area contributed by atoms with Crippen molar-refractivity contribution in [3.63, 3.8) is 0 Å². The fourth-order valence-corrected chi connectivity index (χ4v) is 15.4. The number of aromatic nitrogens is 8. The van der Waals surface area contributed by atoms with Crippen LogP contribution in [0.2, 0.25) is 0 Å². The fourth-order valence-electron chi connectivity index (χ4n) is 14.5. The van der Waals surface area contributed by atoms with Crippen LogP contribution >= 0.6 is 31.9 Å². The number of nitrogens with zero attached hydrogens (tertiary/aromatic N) is 4. The summed E-state index contributed by atoms with van der Waals surface area (Å²) in [5.41, 5.74) is 31.8. The molecule has 10 aromatic rings. The zero-order valence-electron chi connectivity index (χ0n) is 67.7. The SMILES string of the molecule is CC(C)(C)c1cc(-c2c3nc(c(C#Cc4c5nc(c(-c6cc(C(C)(C)C)cc(C(C)(C)C)c6)c6ccc([nH]6)c(Br)c6nc(c(-c7cc(C(C)(C)C)cc(C(C)(C)C)c7)c7ccc4[nH]7)C=C6)C=C5)c4ccc([nH]4)c(-c4cc(C(C)(C)C)cc(C(C)(C)C)c4)c4nc(c(Br)c5ccc2[nH]5)C=C4)C=C3)cc(C(C)(C)C)c1. The molecule has 0 spiro atoms. The Balaban J connectivity index is 1.15. The molecule has 0 unspecified atom stereocenters. The van der Waals surface area contributed by atoms with Crippen LogP contribution in [0, 0.1) is 11.8 Å². The summed E-state index contributed by atoms with van der Waals surface area (Å²) in [5.74, 6) is 7.88. The zero-order chi connectivity index (χ0) is 77.7. The Morgan fingerprint density at radius 3 is 0.620 bits per heavy atom. The van der Waals surface area contributed by atoms with Gasteiger partial charge in [0.1, 0.15) is 0 Å². The van der Waals surface area contributed by atoms with E-state index in [2.05, 4.69) is 400 Å². The largest absolute Gasteiger partial charge is 0.354 e. The van der Waals surface area contributed by atoms with E-state index in [0.717, 1.165) is 132 Å². The Bertz CT molecular complexity index is 5330. The summed E-state index contributed by atoms with van der Waals surface area (Å²) in [6.45, 7) is 55.1. The summed E-state index contributed by atoms with van der Waals surface area (Å²) in [6.07, 6.45) is 17.2. The van der Waals surface area contributed by atoms with E-state index in [1.165, 1.54) is 44.5 Å². The topological polar surface area (TPSA) is 115 Å². The second-order valence-corrected chi connectivity index (χ2v) is 39.9. The third kappa shape index (κ3) is 14.9. The van der Waals surface area contributed by atoms with Gasteiger partial charge in [0, 0.05) is 44.3 Å². The Morgan fingerprint density at radius 2 is 0.398 bits per heavy atom. The molecule has 16 bridgehead atoms. The van der Waals surface area contributed by atoms with E-state index in [1.54, 1.807) is 0 Å². The minimum Gasteiger partial charge on any atom is -0.354 e. The van der Waals surface area contributed by atoms with Crippen LogP contribution in [-0.4, -0.2) is 39.9 Å². The van der Waals surface area contributed by atoms with Crippen LogP contribution in [-0.2, 0) is 43.3 Å².